The van der Waals surface area contributed by atoms with E-state index >= 15 is 0 Å². The summed E-state index contributed by atoms with van der Waals surface area (Å²) in [6.07, 6.45) is 8.40. The second-order valence-corrected chi connectivity index (χ2v) is 6.15. The van der Waals surface area contributed by atoms with Crippen LogP contribution in [0.4, 0.5) is 0 Å². The fourth-order valence-corrected chi connectivity index (χ4v) is 3.60. The molecule has 1 amide bonds. The number of fused-ring (bicyclic) bond motifs is 1. The molecule has 3 atom stereocenters. The maximum Gasteiger partial charge on any atom is 0.222 e. The first kappa shape index (κ1) is 13.9. The van der Waals surface area contributed by atoms with Gasteiger partial charge in [-0.3, -0.25) is 4.79 Å². The van der Waals surface area contributed by atoms with Crippen molar-refractivity contribution in [2.45, 2.75) is 51.9 Å². The van der Waals surface area contributed by atoms with Crippen LogP contribution in [0.15, 0.2) is 0 Å². The Morgan fingerprint density at radius 1 is 1.28 bits per heavy atom. The van der Waals surface area contributed by atoms with Gasteiger partial charge in [0.2, 0.25) is 5.91 Å². The van der Waals surface area contributed by atoms with Crippen molar-refractivity contribution >= 4 is 5.91 Å². The van der Waals surface area contributed by atoms with Gasteiger partial charge in [0.15, 0.2) is 0 Å². The van der Waals surface area contributed by atoms with E-state index in [1.807, 2.05) is 0 Å². The second kappa shape index (κ2) is 6.55. The number of piperidine rings is 1. The fraction of sp³-hybridized carbons (Fsp3) is 0.933. The average molecular weight is 252 g/mol. The number of carbonyl (C=O) groups is 1. The van der Waals surface area contributed by atoms with E-state index < -0.39 is 0 Å². The molecule has 3 heteroatoms. The minimum Gasteiger partial charge on any atom is -0.342 e. The number of likely N-dealkylation sites (tertiary alicyclic amines) is 1. The van der Waals surface area contributed by atoms with Gasteiger partial charge in [-0.05, 0) is 37.1 Å². The molecule has 3 nitrogen and oxygen atoms in total. The summed E-state index contributed by atoms with van der Waals surface area (Å²) in [5, 5.41) is 0. The Labute approximate surface area is 111 Å². The molecule has 18 heavy (non-hydrogen) atoms. The van der Waals surface area contributed by atoms with Gasteiger partial charge in [-0.2, -0.15) is 0 Å². The Bertz CT molecular complexity index is 276. The molecule has 0 radical (unpaired) electrons. The maximum atomic E-state index is 12.3. The van der Waals surface area contributed by atoms with E-state index in [9.17, 15) is 4.79 Å². The minimum absolute atomic E-state index is 0.344. The molecule has 2 N–H and O–H groups in total. The summed E-state index contributed by atoms with van der Waals surface area (Å²) in [7, 11) is 0. The lowest BCUT2D eigenvalue weighted by atomic mass is 9.75. The quantitative estimate of drug-likeness (QED) is 0.835. The SMILES string of the molecule is CCC(CN)CC(=O)N1CCC2CCCCC2C1. The van der Waals surface area contributed by atoms with Crippen molar-refractivity contribution < 1.29 is 4.79 Å². The van der Waals surface area contributed by atoms with Crippen molar-refractivity contribution in [1.82, 2.24) is 4.90 Å². The van der Waals surface area contributed by atoms with Gasteiger partial charge in [-0.1, -0.05) is 32.6 Å². The van der Waals surface area contributed by atoms with Crippen molar-refractivity contribution in [2.75, 3.05) is 19.6 Å². The van der Waals surface area contributed by atoms with Crippen molar-refractivity contribution in [1.29, 1.82) is 0 Å². The molecule has 0 aromatic heterocycles. The lowest BCUT2D eigenvalue weighted by Crippen LogP contribution is -2.45. The molecule has 3 unspecified atom stereocenters. The van der Waals surface area contributed by atoms with Gasteiger partial charge in [-0.15, -0.1) is 0 Å². The summed E-state index contributed by atoms with van der Waals surface area (Å²) in [6.45, 7) is 4.77. The zero-order valence-corrected chi connectivity index (χ0v) is 11.7. The zero-order valence-electron chi connectivity index (χ0n) is 11.7. The van der Waals surface area contributed by atoms with Crippen LogP contribution in [-0.2, 0) is 4.79 Å². The van der Waals surface area contributed by atoms with Crippen LogP contribution in [0, 0.1) is 17.8 Å². The van der Waals surface area contributed by atoms with Crippen LogP contribution in [0.2, 0.25) is 0 Å². The maximum absolute atomic E-state index is 12.3. The van der Waals surface area contributed by atoms with E-state index in [4.69, 9.17) is 5.73 Å². The number of rotatable bonds is 4. The largest absolute Gasteiger partial charge is 0.342 e. The highest BCUT2D eigenvalue weighted by atomic mass is 16.2. The van der Waals surface area contributed by atoms with Gasteiger partial charge < -0.3 is 10.6 Å². The van der Waals surface area contributed by atoms with E-state index in [2.05, 4.69) is 11.8 Å². The van der Waals surface area contributed by atoms with Crippen LogP contribution >= 0.6 is 0 Å². The van der Waals surface area contributed by atoms with E-state index in [1.54, 1.807) is 0 Å². The van der Waals surface area contributed by atoms with Crippen molar-refractivity contribution in [3.8, 4) is 0 Å². The Morgan fingerprint density at radius 3 is 2.67 bits per heavy atom. The molecule has 2 rings (SSSR count). The van der Waals surface area contributed by atoms with Gasteiger partial charge in [-0.25, -0.2) is 0 Å². The van der Waals surface area contributed by atoms with E-state index in [-0.39, 0.29) is 0 Å². The number of carbonyl (C=O) groups excluding carboxylic acids is 1. The molecule has 0 bridgehead atoms. The summed E-state index contributed by atoms with van der Waals surface area (Å²) in [5.74, 6) is 2.41. The monoisotopic (exact) mass is 252 g/mol. The van der Waals surface area contributed by atoms with Gasteiger partial charge in [0.25, 0.3) is 0 Å². The molecule has 1 heterocycles. The normalized spacial score (nSPS) is 29.8. The highest BCUT2D eigenvalue weighted by Crippen LogP contribution is 2.36. The molecule has 1 aliphatic carbocycles. The second-order valence-electron chi connectivity index (χ2n) is 6.15. The van der Waals surface area contributed by atoms with Crippen LogP contribution in [0.5, 0.6) is 0 Å². The smallest absolute Gasteiger partial charge is 0.222 e. The molecule has 1 saturated carbocycles. The molecule has 104 valence electrons. The molecular formula is C15H28N2O. The van der Waals surface area contributed by atoms with Gasteiger partial charge >= 0.3 is 0 Å². The lowest BCUT2D eigenvalue weighted by molar-refractivity contribution is -0.135. The van der Waals surface area contributed by atoms with Crippen LogP contribution < -0.4 is 5.73 Å². The number of nitrogens with two attached hydrogens (primary N) is 1. The first-order chi connectivity index (χ1) is 8.74. The van der Waals surface area contributed by atoms with E-state index in [0.29, 0.717) is 24.8 Å². The van der Waals surface area contributed by atoms with Crippen LogP contribution in [0.1, 0.15) is 51.9 Å². The standard InChI is InChI=1S/C15H28N2O/c1-2-12(10-16)9-15(18)17-8-7-13-5-3-4-6-14(13)11-17/h12-14H,2-11,16H2,1H3. The number of amides is 1. The fourth-order valence-electron chi connectivity index (χ4n) is 3.60. The van der Waals surface area contributed by atoms with Crippen molar-refractivity contribution in [3.63, 3.8) is 0 Å². The predicted octanol–water partition coefficient (Wildman–Crippen LogP) is 2.40. The summed E-state index contributed by atoms with van der Waals surface area (Å²) in [5.41, 5.74) is 5.70. The molecular weight excluding hydrogens is 224 g/mol. The Hall–Kier alpha value is -0.570. The summed E-state index contributed by atoms with van der Waals surface area (Å²) in [4.78, 5) is 14.4. The molecule has 2 aliphatic rings. The third-order valence-electron chi connectivity index (χ3n) is 5.02. The van der Waals surface area contributed by atoms with Crippen LogP contribution in [-0.4, -0.2) is 30.4 Å². The zero-order chi connectivity index (χ0) is 13.0. The molecule has 0 aromatic carbocycles. The third kappa shape index (κ3) is 3.25. The summed E-state index contributed by atoms with van der Waals surface area (Å²) in [6, 6.07) is 0. The van der Waals surface area contributed by atoms with Crippen molar-refractivity contribution in [2.24, 2.45) is 23.5 Å². The van der Waals surface area contributed by atoms with Gasteiger partial charge in [0, 0.05) is 19.5 Å². The first-order valence-corrected chi connectivity index (χ1v) is 7.72. The number of hydrogen-bond acceptors (Lipinski definition) is 2. The van der Waals surface area contributed by atoms with Gasteiger partial charge in [0.1, 0.15) is 0 Å². The predicted molar refractivity (Wildman–Crippen MR) is 74.1 cm³/mol. The van der Waals surface area contributed by atoms with Crippen molar-refractivity contribution in [3.05, 3.63) is 0 Å². The number of hydrogen-bond donors (Lipinski definition) is 1. The highest BCUT2D eigenvalue weighted by molar-refractivity contribution is 5.76. The number of nitrogens with zero attached hydrogens (tertiary/aromatic N) is 1. The third-order valence-corrected chi connectivity index (χ3v) is 5.02. The van der Waals surface area contributed by atoms with E-state index in [1.165, 1.54) is 32.1 Å². The topological polar surface area (TPSA) is 46.3 Å². The molecule has 0 spiro atoms. The lowest BCUT2D eigenvalue weighted by Gasteiger charge is -2.41. The van der Waals surface area contributed by atoms with Gasteiger partial charge in [0.05, 0.1) is 0 Å². The molecule has 2 fully saturated rings. The average Bonchev–Trinajstić information content (AvgIpc) is 2.44. The first-order valence-electron chi connectivity index (χ1n) is 7.72. The van der Waals surface area contributed by atoms with E-state index in [0.717, 1.165) is 31.3 Å². The molecule has 1 saturated heterocycles. The summed E-state index contributed by atoms with van der Waals surface area (Å²) >= 11 is 0. The summed E-state index contributed by atoms with van der Waals surface area (Å²) < 4.78 is 0. The Kier molecular flexibility index (Phi) is 5.04. The molecule has 1 aliphatic heterocycles. The van der Waals surface area contributed by atoms with Crippen LogP contribution in [0.3, 0.4) is 0 Å². The Morgan fingerprint density at radius 2 is 2.00 bits per heavy atom. The highest BCUT2D eigenvalue weighted by Gasteiger charge is 2.33. The minimum atomic E-state index is 0.344. The molecule has 0 aromatic rings. The van der Waals surface area contributed by atoms with Crippen LogP contribution in [0.25, 0.3) is 0 Å². The Balaban J connectivity index is 1.84.